The standard InChI is InChI=1S/C19H20ClNO4S/c1-13-5-8-18(14(2)11-13)25-19(22)16-12-15(6-7-17(16)20)26(23,24)21-9-3-4-10-21/h5-8,11-12H,3-4,9-10H2,1-2H3. The normalized spacial score (nSPS) is 15.2. The number of nitrogens with zero attached hydrogens (tertiary/aromatic N) is 1. The first-order chi connectivity index (χ1) is 12.3. The Morgan fingerprint density at radius 1 is 1.08 bits per heavy atom. The number of ether oxygens (including phenoxy) is 1. The number of sulfonamides is 1. The third-order valence-corrected chi connectivity index (χ3v) is 6.62. The number of carbonyl (C=O) groups excluding carboxylic acids is 1. The lowest BCUT2D eigenvalue weighted by Crippen LogP contribution is -2.28. The minimum atomic E-state index is -3.63. The van der Waals surface area contributed by atoms with Crippen molar-refractivity contribution in [1.82, 2.24) is 4.31 Å². The molecule has 7 heteroatoms. The van der Waals surface area contributed by atoms with Gasteiger partial charge in [0.1, 0.15) is 5.75 Å². The molecule has 0 aliphatic carbocycles. The van der Waals surface area contributed by atoms with Crippen LogP contribution in [-0.4, -0.2) is 31.8 Å². The molecule has 0 amide bonds. The van der Waals surface area contributed by atoms with Crippen LogP contribution in [-0.2, 0) is 10.0 Å². The van der Waals surface area contributed by atoms with E-state index in [4.69, 9.17) is 16.3 Å². The first-order valence-electron chi connectivity index (χ1n) is 8.38. The number of hydrogen-bond acceptors (Lipinski definition) is 4. The maximum Gasteiger partial charge on any atom is 0.345 e. The second kappa shape index (κ2) is 7.39. The molecule has 2 aromatic rings. The maximum absolute atomic E-state index is 12.7. The fourth-order valence-electron chi connectivity index (χ4n) is 2.97. The molecule has 0 N–H and O–H groups in total. The summed E-state index contributed by atoms with van der Waals surface area (Å²) in [6.07, 6.45) is 1.68. The van der Waals surface area contributed by atoms with Crippen molar-refractivity contribution in [3.63, 3.8) is 0 Å². The molecule has 1 saturated heterocycles. The lowest BCUT2D eigenvalue weighted by molar-refractivity contribution is 0.0733. The van der Waals surface area contributed by atoms with Crippen molar-refractivity contribution in [1.29, 1.82) is 0 Å². The van der Waals surface area contributed by atoms with Gasteiger partial charge >= 0.3 is 5.97 Å². The molecule has 2 aromatic carbocycles. The second-order valence-electron chi connectivity index (χ2n) is 6.41. The average molecular weight is 394 g/mol. The fraction of sp³-hybridized carbons (Fsp3) is 0.316. The molecule has 1 fully saturated rings. The van der Waals surface area contributed by atoms with Crippen LogP contribution in [0.1, 0.15) is 34.3 Å². The third kappa shape index (κ3) is 3.77. The van der Waals surface area contributed by atoms with E-state index in [1.54, 1.807) is 6.07 Å². The summed E-state index contributed by atoms with van der Waals surface area (Å²) in [5, 5.41) is 0.153. The zero-order valence-corrected chi connectivity index (χ0v) is 16.2. The number of rotatable bonds is 4. The summed E-state index contributed by atoms with van der Waals surface area (Å²) in [6, 6.07) is 9.58. The molecule has 0 bridgehead atoms. The number of carbonyl (C=O) groups is 1. The lowest BCUT2D eigenvalue weighted by Gasteiger charge is -2.16. The maximum atomic E-state index is 12.7. The Morgan fingerprint density at radius 3 is 2.42 bits per heavy atom. The van der Waals surface area contributed by atoms with E-state index < -0.39 is 16.0 Å². The molecule has 138 valence electrons. The first kappa shape index (κ1) is 18.9. The van der Waals surface area contributed by atoms with Crippen molar-refractivity contribution in [2.45, 2.75) is 31.6 Å². The van der Waals surface area contributed by atoms with Crippen LogP contribution in [0.2, 0.25) is 5.02 Å². The van der Waals surface area contributed by atoms with Crippen molar-refractivity contribution in [2.24, 2.45) is 0 Å². The predicted octanol–water partition coefficient (Wildman–Crippen LogP) is 3.96. The van der Waals surface area contributed by atoms with E-state index in [9.17, 15) is 13.2 Å². The summed E-state index contributed by atoms with van der Waals surface area (Å²) in [6.45, 7) is 4.77. The summed E-state index contributed by atoms with van der Waals surface area (Å²) < 4.78 is 32.3. The van der Waals surface area contributed by atoms with Gasteiger partial charge in [-0.2, -0.15) is 4.31 Å². The van der Waals surface area contributed by atoms with Crippen LogP contribution in [0.3, 0.4) is 0 Å². The molecule has 3 rings (SSSR count). The number of benzene rings is 2. The SMILES string of the molecule is Cc1ccc(OC(=O)c2cc(S(=O)(=O)N3CCCC3)ccc2Cl)c(C)c1. The van der Waals surface area contributed by atoms with Crippen LogP contribution < -0.4 is 4.74 Å². The smallest absolute Gasteiger partial charge is 0.345 e. The Bertz CT molecular complexity index is 950. The summed E-state index contributed by atoms with van der Waals surface area (Å²) in [4.78, 5) is 12.6. The lowest BCUT2D eigenvalue weighted by atomic mass is 10.1. The van der Waals surface area contributed by atoms with Crippen LogP contribution in [0.15, 0.2) is 41.3 Å². The molecule has 0 spiro atoms. The van der Waals surface area contributed by atoms with E-state index in [1.165, 1.54) is 22.5 Å². The highest BCUT2D eigenvalue weighted by molar-refractivity contribution is 7.89. The molecule has 26 heavy (non-hydrogen) atoms. The Morgan fingerprint density at radius 2 is 1.77 bits per heavy atom. The van der Waals surface area contributed by atoms with E-state index in [2.05, 4.69) is 0 Å². The summed E-state index contributed by atoms with van der Waals surface area (Å²) in [5.41, 5.74) is 1.90. The van der Waals surface area contributed by atoms with Gasteiger partial charge in [0.15, 0.2) is 0 Å². The molecule has 0 aromatic heterocycles. The molecule has 0 unspecified atom stereocenters. The van der Waals surface area contributed by atoms with Crippen molar-refractivity contribution in [3.05, 3.63) is 58.1 Å². The quantitative estimate of drug-likeness (QED) is 0.582. The van der Waals surface area contributed by atoms with Gasteiger partial charge < -0.3 is 4.74 Å². The zero-order chi connectivity index (χ0) is 18.9. The van der Waals surface area contributed by atoms with Crippen LogP contribution in [0.25, 0.3) is 0 Å². The van der Waals surface area contributed by atoms with Crippen molar-refractivity contribution in [3.8, 4) is 5.75 Å². The minimum absolute atomic E-state index is 0.0342. The topological polar surface area (TPSA) is 63.7 Å². The largest absolute Gasteiger partial charge is 0.423 e. The van der Waals surface area contributed by atoms with Crippen molar-refractivity contribution < 1.29 is 17.9 Å². The third-order valence-electron chi connectivity index (χ3n) is 4.39. The summed E-state index contributed by atoms with van der Waals surface area (Å²) in [7, 11) is -3.63. The number of hydrogen-bond donors (Lipinski definition) is 0. The van der Waals surface area contributed by atoms with E-state index in [0.717, 1.165) is 24.0 Å². The van der Waals surface area contributed by atoms with Gasteiger partial charge in [-0.3, -0.25) is 0 Å². The van der Waals surface area contributed by atoms with Crippen LogP contribution >= 0.6 is 11.6 Å². The Balaban J connectivity index is 1.91. The van der Waals surface area contributed by atoms with Crippen LogP contribution in [0.4, 0.5) is 0 Å². The summed E-state index contributed by atoms with van der Waals surface area (Å²) >= 11 is 6.12. The number of esters is 1. The number of aryl methyl sites for hydroxylation is 2. The van der Waals surface area contributed by atoms with Gasteiger partial charge in [0.05, 0.1) is 15.5 Å². The first-order valence-corrected chi connectivity index (χ1v) is 10.2. The zero-order valence-electron chi connectivity index (χ0n) is 14.7. The van der Waals surface area contributed by atoms with Gasteiger partial charge in [0, 0.05) is 13.1 Å². The highest BCUT2D eigenvalue weighted by Crippen LogP contribution is 2.27. The van der Waals surface area contributed by atoms with Gasteiger partial charge in [-0.25, -0.2) is 13.2 Å². The molecular formula is C19H20ClNO4S. The summed E-state index contributed by atoms with van der Waals surface area (Å²) in [5.74, 6) is -0.259. The Hall–Kier alpha value is -1.89. The Kier molecular flexibility index (Phi) is 5.37. The molecule has 0 atom stereocenters. The van der Waals surface area contributed by atoms with E-state index in [1.807, 2.05) is 26.0 Å². The Labute approximate surface area is 158 Å². The van der Waals surface area contributed by atoms with Gasteiger partial charge in [-0.1, -0.05) is 29.3 Å². The molecule has 1 aliphatic rings. The average Bonchev–Trinajstić information content (AvgIpc) is 3.13. The molecule has 0 saturated carbocycles. The monoisotopic (exact) mass is 393 g/mol. The molecule has 1 heterocycles. The highest BCUT2D eigenvalue weighted by atomic mass is 35.5. The van der Waals surface area contributed by atoms with E-state index in [-0.39, 0.29) is 15.5 Å². The number of halogens is 1. The van der Waals surface area contributed by atoms with Gasteiger partial charge in [-0.05, 0) is 56.5 Å². The van der Waals surface area contributed by atoms with Gasteiger partial charge in [0.2, 0.25) is 10.0 Å². The van der Waals surface area contributed by atoms with Crippen LogP contribution in [0.5, 0.6) is 5.75 Å². The molecule has 1 aliphatic heterocycles. The van der Waals surface area contributed by atoms with E-state index in [0.29, 0.717) is 18.8 Å². The van der Waals surface area contributed by atoms with Crippen LogP contribution in [0, 0.1) is 13.8 Å². The molecule has 0 radical (unpaired) electrons. The van der Waals surface area contributed by atoms with E-state index >= 15 is 0 Å². The minimum Gasteiger partial charge on any atom is -0.423 e. The second-order valence-corrected chi connectivity index (χ2v) is 8.76. The fourth-order valence-corrected chi connectivity index (χ4v) is 4.71. The van der Waals surface area contributed by atoms with Crippen molar-refractivity contribution >= 4 is 27.6 Å². The van der Waals surface area contributed by atoms with Gasteiger partial charge in [-0.15, -0.1) is 0 Å². The highest BCUT2D eigenvalue weighted by Gasteiger charge is 2.28. The predicted molar refractivity (Wildman–Crippen MR) is 100 cm³/mol. The van der Waals surface area contributed by atoms with Gasteiger partial charge in [0.25, 0.3) is 0 Å². The van der Waals surface area contributed by atoms with Crippen molar-refractivity contribution in [2.75, 3.05) is 13.1 Å². The molecular weight excluding hydrogens is 374 g/mol. The molecule has 5 nitrogen and oxygen atoms in total.